The maximum atomic E-state index is 12.7. The summed E-state index contributed by atoms with van der Waals surface area (Å²) in [5, 5.41) is 0. The fraction of sp³-hybridized carbons (Fsp3) is 0.224. The van der Waals surface area contributed by atoms with Gasteiger partial charge in [-0.25, -0.2) is 14.4 Å². The van der Waals surface area contributed by atoms with Crippen molar-refractivity contribution in [3.8, 4) is 45.3 Å². The van der Waals surface area contributed by atoms with Gasteiger partial charge in [0.1, 0.15) is 23.0 Å². The van der Waals surface area contributed by atoms with Crippen LogP contribution in [0.25, 0.3) is 28.3 Å². The van der Waals surface area contributed by atoms with Gasteiger partial charge in [-0.1, -0.05) is 61.2 Å². The lowest BCUT2D eigenvalue weighted by Gasteiger charge is -2.14. The number of benzene rings is 5. The van der Waals surface area contributed by atoms with Crippen LogP contribution in [0.1, 0.15) is 78.4 Å². The zero-order valence-electron chi connectivity index (χ0n) is 32.7. The van der Waals surface area contributed by atoms with Crippen molar-refractivity contribution >= 4 is 30.5 Å². The first kappa shape index (κ1) is 40.9. The van der Waals surface area contributed by atoms with Gasteiger partial charge in [-0.3, -0.25) is 4.79 Å². The van der Waals surface area contributed by atoms with E-state index in [1.165, 1.54) is 54.3 Å². The summed E-state index contributed by atoms with van der Waals surface area (Å²) in [5.41, 5.74) is 7.73. The highest BCUT2D eigenvalue weighted by Crippen LogP contribution is 2.46. The third-order valence-electron chi connectivity index (χ3n) is 9.60. The second-order valence-corrected chi connectivity index (χ2v) is 14.2. The lowest BCUT2D eigenvalue weighted by molar-refractivity contribution is -0.130. The molecule has 0 amide bonds. The van der Waals surface area contributed by atoms with Crippen LogP contribution in [0.4, 0.5) is 0 Å². The topological polar surface area (TPSA) is 114 Å². The molecule has 296 valence electrons. The molecule has 0 aromatic heterocycles. The molecule has 0 spiro atoms. The van der Waals surface area contributed by atoms with Crippen molar-refractivity contribution in [1.82, 2.24) is 0 Å². The van der Waals surface area contributed by atoms with Crippen LogP contribution in [0, 0.1) is 6.92 Å². The summed E-state index contributed by atoms with van der Waals surface area (Å²) in [6.45, 7) is 8.50. The first-order valence-electron chi connectivity index (χ1n) is 19.4. The fourth-order valence-electron chi connectivity index (χ4n) is 6.21. The van der Waals surface area contributed by atoms with Crippen molar-refractivity contribution in [3.63, 3.8) is 0 Å². The van der Waals surface area contributed by atoms with Crippen LogP contribution < -0.4 is 18.9 Å². The number of ether oxygens (including phenoxy) is 5. The Morgan fingerprint density at radius 1 is 0.672 bits per heavy atom. The van der Waals surface area contributed by atoms with Crippen LogP contribution in [-0.4, -0.2) is 37.6 Å². The van der Waals surface area contributed by atoms with Crippen molar-refractivity contribution in [3.05, 3.63) is 150 Å². The number of carbonyl (C=O) groups is 4. The average molecular weight is 779 g/mol. The predicted octanol–water partition coefficient (Wildman–Crippen LogP) is 10.6. The number of carbonyl (C=O) groups excluding carboxylic acids is 4. The lowest BCUT2D eigenvalue weighted by Crippen LogP contribution is -2.10. The van der Waals surface area contributed by atoms with Gasteiger partial charge in [-0.15, -0.1) is 0 Å². The number of hydrogen-bond acceptors (Lipinski definition) is 9. The van der Waals surface area contributed by atoms with Crippen LogP contribution in [0.5, 0.6) is 23.0 Å². The minimum atomic E-state index is -0.595. The molecular formula is C49H46O9. The van der Waals surface area contributed by atoms with Crippen molar-refractivity contribution in [2.45, 2.75) is 58.3 Å². The Morgan fingerprint density at radius 3 is 1.91 bits per heavy atom. The number of hydrogen-bond donors (Lipinski definition) is 0. The first-order chi connectivity index (χ1) is 28.2. The van der Waals surface area contributed by atoms with Gasteiger partial charge < -0.3 is 23.7 Å². The number of aryl methyl sites for hydroxylation is 1. The number of rotatable bonds is 19. The van der Waals surface area contributed by atoms with E-state index in [1.54, 1.807) is 38.1 Å². The molecule has 0 atom stereocenters. The Kier molecular flexibility index (Phi) is 14.0. The van der Waals surface area contributed by atoms with Crippen LogP contribution in [0.15, 0.2) is 127 Å². The monoisotopic (exact) mass is 778 g/mol. The van der Waals surface area contributed by atoms with E-state index in [-0.39, 0.29) is 22.6 Å². The molecule has 0 unspecified atom stereocenters. The summed E-state index contributed by atoms with van der Waals surface area (Å²) >= 11 is 0. The van der Waals surface area contributed by atoms with Gasteiger partial charge in [0.25, 0.3) is 6.47 Å². The molecule has 0 heterocycles. The maximum Gasteiger partial charge on any atom is 0.343 e. The summed E-state index contributed by atoms with van der Waals surface area (Å²) in [4.78, 5) is 47.3. The molecule has 0 N–H and O–H groups in total. The molecule has 58 heavy (non-hydrogen) atoms. The van der Waals surface area contributed by atoms with Crippen molar-refractivity contribution < 1.29 is 42.9 Å². The molecule has 0 radical (unpaired) electrons. The highest BCUT2D eigenvalue weighted by atomic mass is 16.5. The molecule has 0 bridgehead atoms. The summed E-state index contributed by atoms with van der Waals surface area (Å²) in [6.07, 6.45) is 9.35. The zero-order chi connectivity index (χ0) is 40.9. The van der Waals surface area contributed by atoms with Crippen molar-refractivity contribution in [1.29, 1.82) is 0 Å². The van der Waals surface area contributed by atoms with E-state index < -0.39 is 17.9 Å². The Balaban J connectivity index is 0.983. The summed E-state index contributed by atoms with van der Waals surface area (Å²) in [6, 6.07) is 33.7. The second-order valence-electron chi connectivity index (χ2n) is 14.2. The summed E-state index contributed by atoms with van der Waals surface area (Å²) in [5.74, 6) is 0.751. The van der Waals surface area contributed by atoms with Gasteiger partial charge in [0.2, 0.25) is 0 Å². The molecule has 9 nitrogen and oxygen atoms in total. The highest BCUT2D eigenvalue weighted by molar-refractivity contribution is 5.92. The minimum absolute atomic E-state index is 0.265. The van der Waals surface area contributed by atoms with Crippen LogP contribution in [0.2, 0.25) is 0 Å². The van der Waals surface area contributed by atoms with Gasteiger partial charge in [0.15, 0.2) is 0 Å². The molecule has 5 aromatic carbocycles. The van der Waals surface area contributed by atoms with E-state index in [4.69, 9.17) is 23.7 Å². The van der Waals surface area contributed by atoms with E-state index in [2.05, 4.69) is 49.0 Å². The first-order valence-corrected chi connectivity index (χ1v) is 19.4. The molecule has 1 fully saturated rings. The average Bonchev–Trinajstić information content (AvgIpc) is 4.08. The fourth-order valence-corrected chi connectivity index (χ4v) is 6.21. The summed E-state index contributed by atoms with van der Waals surface area (Å²) < 4.78 is 27.1. The zero-order valence-corrected chi connectivity index (χ0v) is 32.7. The van der Waals surface area contributed by atoms with Gasteiger partial charge in [0, 0.05) is 11.6 Å². The van der Waals surface area contributed by atoms with Crippen LogP contribution in [0.3, 0.4) is 0 Å². The molecule has 9 heteroatoms. The molecule has 0 aliphatic heterocycles. The van der Waals surface area contributed by atoms with Crippen molar-refractivity contribution in [2.75, 3.05) is 13.2 Å². The predicted molar refractivity (Wildman–Crippen MR) is 223 cm³/mol. The second kappa shape index (κ2) is 19.9. The van der Waals surface area contributed by atoms with Gasteiger partial charge in [-0.05, 0) is 158 Å². The Bertz CT molecular complexity index is 2270. The van der Waals surface area contributed by atoms with Gasteiger partial charge >= 0.3 is 17.9 Å². The molecule has 1 aliphatic carbocycles. The van der Waals surface area contributed by atoms with E-state index in [9.17, 15) is 19.2 Å². The largest absolute Gasteiger partial charge is 0.493 e. The smallest absolute Gasteiger partial charge is 0.343 e. The lowest BCUT2D eigenvalue weighted by atomic mass is 9.97. The number of unbranched alkanes of at least 4 members (excludes halogenated alkanes) is 3. The standard InChI is InChI=1S/C49H46O9/c1-33(2)48(52)56-42-22-19-40(20-23-42)49(53)57-43-24-26-45(34(3)30-43)58-47(51)27-10-35-8-11-36(12-9-35)37-13-15-38(16-14-37)41-21-25-46(44(31-41)39-17-18-39)55-29-7-5-4-6-28-54-32-50/h8-16,19-27,30-32,39H,1,4-7,17-18,28-29H2,2-3H3/b27-10+. The SMILES string of the molecule is C=C(C)C(=O)Oc1ccc(C(=O)Oc2ccc(OC(=O)/C=C/c3ccc(-c4ccc(-c5ccc(OCCCCCCOC=O)c(C6CC6)c5)cc4)cc3)c(C)c2)cc1. The third kappa shape index (κ3) is 11.6. The maximum absolute atomic E-state index is 12.7. The molecule has 6 rings (SSSR count). The third-order valence-corrected chi connectivity index (χ3v) is 9.60. The van der Waals surface area contributed by atoms with Crippen LogP contribution in [-0.2, 0) is 19.1 Å². The Morgan fingerprint density at radius 2 is 1.28 bits per heavy atom. The van der Waals surface area contributed by atoms with Crippen LogP contribution >= 0.6 is 0 Å². The van der Waals surface area contributed by atoms with E-state index in [0.717, 1.165) is 53.7 Å². The molecule has 0 saturated heterocycles. The number of esters is 3. The van der Waals surface area contributed by atoms with E-state index >= 15 is 0 Å². The molecule has 1 saturated carbocycles. The Hall–Kier alpha value is -6.74. The molecule has 1 aliphatic rings. The molecular weight excluding hydrogens is 733 g/mol. The van der Waals surface area contributed by atoms with Crippen molar-refractivity contribution in [2.24, 2.45) is 0 Å². The minimum Gasteiger partial charge on any atom is -0.493 e. The summed E-state index contributed by atoms with van der Waals surface area (Å²) in [7, 11) is 0. The van der Waals surface area contributed by atoms with Gasteiger partial charge in [-0.2, -0.15) is 0 Å². The van der Waals surface area contributed by atoms with E-state index in [0.29, 0.717) is 36.9 Å². The Labute approximate surface area is 338 Å². The highest BCUT2D eigenvalue weighted by Gasteiger charge is 2.27. The van der Waals surface area contributed by atoms with E-state index in [1.807, 2.05) is 24.3 Å². The van der Waals surface area contributed by atoms with Gasteiger partial charge in [0.05, 0.1) is 18.8 Å². The quantitative estimate of drug-likeness (QED) is 0.0266. The normalized spacial score (nSPS) is 12.1. The molecule has 5 aromatic rings.